The van der Waals surface area contributed by atoms with Crippen molar-refractivity contribution in [1.82, 2.24) is 0 Å². The number of hydrogen-bond donors (Lipinski definition) is 2. The van der Waals surface area contributed by atoms with Gasteiger partial charge in [0.2, 0.25) is 5.91 Å². The van der Waals surface area contributed by atoms with Crippen LogP contribution in [0.4, 0.5) is 5.69 Å². The quantitative estimate of drug-likeness (QED) is 0.805. The van der Waals surface area contributed by atoms with Crippen molar-refractivity contribution in [3.05, 3.63) is 29.8 Å². The van der Waals surface area contributed by atoms with Gasteiger partial charge in [-0.05, 0) is 37.5 Å². The van der Waals surface area contributed by atoms with Crippen LogP contribution in [0.3, 0.4) is 0 Å². The van der Waals surface area contributed by atoms with Crippen molar-refractivity contribution in [3.63, 3.8) is 0 Å². The predicted octanol–water partition coefficient (Wildman–Crippen LogP) is 1.58. The second-order valence-electron chi connectivity index (χ2n) is 4.50. The van der Waals surface area contributed by atoms with Gasteiger partial charge in [0.25, 0.3) is 0 Å². The van der Waals surface area contributed by atoms with Gasteiger partial charge < -0.3 is 15.2 Å². The summed E-state index contributed by atoms with van der Waals surface area (Å²) >= 11 is 0. The number of ether oxygens (including phenoxy) is 1. The van der Waals surface area contributed by atoms with Gasteiger partial charge in [-0.2, -0.15) is 0 Å². The van der Waals surface area contributed by atoms with E-state index in [1.165, 1.54) is 0 Å². The molecule has 0 aromatic heterocycles. The fourth-order valence-corrected chi connectivity index (χ4v) is 1.96. The summed E-state index contributed by atoms with van der Waals surface area (Å²) in [6.07, 6.45) is 1.56. The Labute approximate surface area is 107 Å². The smallest absolute Gasteiger partial charge is 0.230 e. The van der Waals surface area contributed by atoms with E-state index in [0.717, 1.165) is 17.7 Å². The first-order valence-electron chi connectivity index (χ1n) is 6.37. The Hall–Kier alpha value is -1.39. The van der Waals surface area contributed by atoms with E-state index in [2.05, 4.69) is 5.32 Å². The van der Waals surface area contributed by atoms with E-state index < -0.39 is 0 Å². The molecule has 18 heavy (non-hydrogen) atoms. The highest BCUT2D eigenvalue weighted by molar-refractivity contribution is 5.94. The maximum atomic E-state index is 11.8. The van der Waals surface area contributed by atoms with E-state index in [9.17, 15) is 4.79 Å². The van der Waals surface area contributed by atoms with Gasteiger partial charge in [-0.15, -0.1) is 0 Å². The Kier molecular flexibility index (Phi) is 4.33. The number of carbonyl (C=O) groups is 1. The maximum absolute atomic E-state index is 11.8. The summed E-state index contributed by atoms with van der Waals surface area (Å²) in [7, 11) is 0. The molecule has 0 aliphatic heterocycles. The van der Waals surface area contributed by atoms with Gasteiger partial charge in [0.05, 0.1) is 12.0 Å². The van der Waals surface area contributed by atoms with E-state index in [1.807, 2.05) is 31.2 Å². The molecule has 0 saturated heterocycles. The molecule has 2 rings (SSSR count). The normalized spacial score (nSPS) is 21.7. The average Bonchev–Trinajstić information content (AvgIpc) is 3.12. The molecule has 1 amide bonds. The Morgan fingerprint density at radius 2 is 2.17 bits per heavy atom. The summed E-state index contributed by atoms with van der Waals surface area (Å²) in [6.45, 7) is 2.74. The third kappa shape index (κ3) is 3.31. The third-order valence-corrected chi connectivity index (χ3v) is 3.07. The highest BCUT2D eigenvalue weighted by Crippen LogP contribution is 2.34. The molecule has 1 aromatic carbocycles. The van der Waals surface area contributed by atoms with Crippen LogP contribution in [0.25, 0.3) is 0 Å². The first-order chi connectivity index (χ1) is 8.74. The second-order valence-corrected chi connectivity index (χ2v) is 4.50. The fraction of sp³-hybridized carbons (Fsp3) is 0.500. The van der Waals surface area contributed by atoms with Crippen LogP contribution in [0.1, 0.15) is 18.9 Å². The van der Waals surface area contributed by atoms with Crippen molar-refractivity contribution in [1.29, 1.82) is 0 Å². The summed E-state index contributed by atoms with van der Waals surface area (Å²) in [5.41, 5.74) is 1.86. The molecule has 0 spiro atoms. The first kappa shape index (κ1) is 13.1. The highest BCUT2D eigenvalue weighted by Gasteiger charge is 2.43. The molecule has 0 heterocycles. The zero-order valence-electron chi connectivity index (χ0n) is 10.6. The number of rotatable bonds is 6. The zero-order valence-corrected chi connectivity index (χ0v) is 10.6. The lowest BCUT2D eigenvalue weighted by atomic mass is 10.1. The van der Waals surface area contributed by atoms with Crippen molar-refractivity contribution in [2.45, 2.75) is 25.9 Å². The summed E-state index contributed by atoms with van der Waals surface area (Å²) in [4.78, 5) is 11.8. The minimum atomic E-state index is 0.00192. The van der Waals surface area contributed by atoms with Crippen LogP contribution in [0, 0.1) is 5.92 Å². The Balaban J connectivity index is 1.84. The molecular weight excluding hydrogens is 230 g/mol. The molecule has 1 aliphatic rings. The summed E-state index contributed by atoms with van der Waals surface area (Å²) < 4.78 is 5.39. The molecule has 4 nitrogen and oxygen atoms in total. The highest BCUT2D eigenvalue weighted by atomic mass is 16.5. The SMILES string of the molecule is CCOC1CC1C(=O)Nc1ccc(CCO)cc1. The molecule has 98 valence electrons. The molecule has 4 heteroatoms. The average molecular weight is 249 g/mol. The van der Waals surface area contributed by atoms with Crippen molar-refractivity contribution < 1.29 is 14.6 Å². The molecule has 0 radical (unpaired) electrons. The zero-order chi connectivity index (χ0) is 13.0. The van der Waals surface area contributed by atoms with E-state index in [1.54, 1.807) is 0 Å². The molecule has 2 unspecified atom stereocenters. The molecule has 1 fully saturated rings. The lowest BCUT2D eigenvalue weighted by Gasteiger charge is -2.06. The number of amides is 1. The number of benzene rings is 1. The molecular formula is C14H19NO3. The maximum Gasteiger partial charge on any atom is 0.230 e. The number of nitrogens with one attached hydrogen (secondary N) is 1. The van der Waals surface area contributed by atoms with Crippen LogP contribution < -0.4 is 5.32 Å². The van der Waals surface area contributed by atoms with Gasteiger partial charge in [0, 0.05) is 18.9 Å². The number of carbonyl (C=O) groups excluding carboxylic acids is 1. The van der Waals surface area contributed by atoms with Crippen molar-refractivity contribution in [3.8, 4) is 0 Å². The monoisotopic (exact) mass is 249 g/mol. The minimum absolute atomic E-state index is 0.00192. The van der Waals surface area contributed by atoms with Gasteiger partial charge in [-0.1, -0.05) is 12.1 Å². The topological polar surface area (TPSA) is 58.6 Å². The van der Waals surface area contributed by atoms with E-state index in [0.29, 0.717) is 13.0 Å². The largest absolute Gasteiger partial charge is 0.396 e. The predicted molar refractivity (Wildman–Crippen MR) is 69.4 cm³/mol. The summed E-state index contributed by atoms with van der Waals surface area (Å²) in [5.74, 6) is 0.0328. The van der Waals surface area contributed by atoms with Crippen LogP contribution in [0.2, 0.25) is 0 Å². The van der Waals surface area contributed by atoms with Gasteiger partial charge >= 0.3 is 0 Å². The van der Waals surface area contributed by atoms with E-state index >= 15 is 0 Å². The minimum Gasteiger partial charge on any atom is -0.396 e. The number of aliphatic hydroxyl groups excluding tert-OH is 1. The standard InChI is InChI=1S/C14H19NO3/c1-2-18-13-9-12(13)14(17)15-11-5-3-10(4-6-11)7-8-16/h3-6,12-13,16H,2,7-9H2,1H3,(H,15,17). The van der Waals surface area contributed by atoms with Crippen molar-refractivity contribution in [2.24, 2.45) is 5.92 Å². The van der Waals surface area contributed by atoms with Gasteiger partial charge in [-0.3, -0.25) is 4.79 Å². The van der Waals surface area contributed by atoms with Crippen molar-refractivity contribution >= 4 is 11.6 Å². The third-order valence-electron chi connectivity index (χ3n) is 3.07. The lowest BCUT2D eigenvalue weighted by Crippen LogP contribution is -2.16. The van der Waals surface area contributed by atoms with Gasteiger partial charge in [0.1, 0.15) is 0 Å². The Bertz CT molecular complexity index is 402. The van der Waals surface area contributed by atoms with Crippen LogP contribution in [-0.4, -0.2) is 30.3 Å². The number of aliphatic hydroxyl groups is 1. The van der Waals surface area contributed by atoms with Crippen LogP contribution >= 0.6 is 0 Å². The molecule has 1 saturated carbocycles. The lowest BCUT2D eigenvalue weighted by molar-refractivity contribution is -0.118. The number of hydrogen-bond acceptors (Lipinski definition) is 3. The van der Waals surface area contributed by atoms with Gasteiger partial charge in [0.15, 0.2) is 0 Å². The Morgan fingerprint density at radius 3 is 2.78 bits per heavy atom. The summed E-state index contributed by atoms with van der Waals surface area (Å²) in [5, 5.41) is 11.7. The molecule has 1 aliphatic carbocycles. The molecule has 2 N–H and O–H groups in total. The van der Waals surface area contributed by atoms with Crippen LogP contribution in [-0.2, 0) is 16.0 Å². The van der Waals surface area contributed by atoms with Gasteiger partial charge in [-0.25, -0.2) is 0 Å². The molecule has 1 aromatic rings. The second kappa shape index (κ2) is 5.98. The fourth-order valence-electron chi connectivity index (χ4n) is 1.96. The molecule has 2 atom stereocenters. The summed E-state index contributed by atoms with van der Waals surface area (Å²) in [6, 6.07) is 7.55. The van der Waals surface area contributed by atoms with E-state index in [-0.39, 0.29) is 24.5 Å². The first-order valence-corrected chi connectivity index (χ1v) is 6.37. The van der Waals surface area contributed by atoms with Crippen LogP contribution in [0.5, 0.6) is 0 Å². The van der Waals surface area contributed by atoms with Crippen LogP contribution in [0.15, 0.2) is 24.3 Å². The van der Waals surface area contributed by atoms with E-state index in [4.69, 9.17) is 9.84 Å². The number of anilines is 1. The van der Waals surface area contributed by atoms with Crippen molar-refractivity contribution in [2.75, 3.05) is 18.5 Å². The molecule has 0 bridgehead atoms. The Morgan fingerprint density at radius 1 is 1.44 bits per heavy atom.